The lowest BCUT2D eigenvalue weighted by Gasteiger charge is -2.08. The first-order valence-electron chi connectivity index (χ1n) is 8.57. The highest BCUT2D eigenvalue weighted by Gasteiger charge is 2.39. The number of aromatic nitrogens is 3. The summed E-state index contributed by atoms with van der Waals surface area (Å²) in [5.74, 6) is -2.23. The Labute approximate surface area is 177 Å². The fourth-order valence-electron chi connectivity index (χ4n) is 2.67. The zero-order valence-corrected chi connectivity index (χ0v) is 16.6. The zero-order chi connectivity index (χ0) is 21.3. The van der Waals surface area contributed by atoms with Gasteiger partial charge in [0, 0.05) is 27.6 Å². The van der Waals surface area contributed by atoms with E-state index in [2.05, 4.69) is 10.1 Å². The van der Waals surface area contributed by atoms with Gasteiger partial charge in [0.15, 0.2) is 0 Å². The van der Waals surface area contributed by atoms with E-state index in [4.69, 9.17) is 11.6 Å². The summed E-state index contributed by atoms with van der Waals surface area (Å²) in [5.41, 5.74) is 2.49. The molecule has 2 heterocycles. The molecule has 0 radical (unpaired) electrons. The molecule has 5 nitrogen and oxygen atoms in total. The second kappa shape index (κ2) is 7.92. The lowest BCUT2D eigenvalue weighted by atomic mass is 10.1. The van der Waals surface area contributed by atoms with Crippen molar-refractivity contribution >= 4 is 34.7 Å². The van der Waals surface area contributed by atoms with E-state index in [1.807, 2.05) is 35.6 Å². The molecular formula is C20H12ClF3N4OS. The summed E-state index contributed by atoms with van der Waals surface area (Å²) < 4.78 is 39.6. The summed E-state index contributed by atoms with van der Waals surface area (Å²) >= 11 is 7.09. The number of anilines is 1. The smallest absolute Gasteiger partial charge is 0.303 e. The van der Waals surface area contributed by atoms with Gasteiger partial charge in [0.05, 0.1) is 11.4 Å². The lowest BCUT2D eigenvalue weighted by molar-refractivity contribution is -0.167. The van der Waals surface area contributed by atoms with Crippen molar-refractivity contribution in [2.75, 3.05) is 5.32 Å². The number of amides is 1. The number of carbonyl (C=O) groups is 1. The molecule has 0 bridgehead atoms. The topological polar surface area (TPSA) is 59.8 Å². The molecule has 0 fully saturated rings. The molecule has 2 aromatic carbocycles. The predicted octanol–water partition coefficient (Wildman–Crippen LogP) is 5.82. The largest absolute Gasteiger partial charge is 0.471 e. The first kappa shape index (κ1) is 20.1. The summed E-state index contributed by atoms with van der Waals surface area (Å²) in [7, 11) is 0. The standard InChI is InChI=1S/C20H12ClF3N4OS/c21-14-8-6-13(7-9-14)15-10-17(26-18(29)20(22,23)24)28(27-15)19-25-16(11-30-19)12-4-2-1-3-5-12/h1-11H,(H,26,29). The van der Waals surface area contributed by atoms with E-state index >= 15 is 0 Å². The Kier molecular flexibility index (Phi) is 5.31. The minimum Gasteiger partial charge on any atom is -0.303 e. The van der Waals surface area contributed by atoms with Crippen LogP contribution in [-0.4, -0.2) is 26.8 Å². The van der Waals surface area contributed by atoms with Gasteiger partial charge in [-0.15, -0.1) is 11.3 Å². The van der Waals surface area contributed by atoms with Crippen LogP contribution in [0.4, 0.5) is 19.0 Å². The van der Waals surface area contributed by atoms with E-state index in [0.29, 0.717) is 27.1 Å². The number of nitrogens with one attached hydrogen (secondary N) is 1. The van der Waals surface area contributed by atoms with Crippen molar-refractivity contribution in [2.45, 2.75) is 6.18 Å². The van der Waals surface area contributed by atoms with Crippen LogP contribution in [0.25, 0.3) is 27.6 Å². The second-order valence-electron chi connectivity index (χ2n) is 6.17. The Hall–Kier alpha value is -3.17. The van der Waals surface area contributed by atoms with E-state index in [1.165, 1.54) is 22.1 Å². The average Bonchev–Trinajstić information content (AvgIpc) is 3.36. The van der Waals surface area contributed by atoms with Gasteiger partial charge in [-0.25, -0.2) is 4.98 Å². The van der Waals surface area contributed by atoms with Crippen molar-refractivity contribution in [3.8, 4) is 27.6 Å². The van der Waals surface area contributed by atoms with Crippen LogP contribution in [0.2, 0.25) is 5.02 Å². The monoisotopic (exact) mass is 448 g/mol. The molecule has 152 valence electrons. The van der Waals surface area contributed by atoms with Crippen molar-refractivity contribution in [1.82, 2.24) is 14.8 Å². The summed E-state index contributed by atoms with van der Waals surface area (Å²) in [6, 6.07) is 17.3. The van der Waals surface area contributed by atoms with Crippen LogP contribution in [0.5, 0.6) is 0 Å². The predicted molar refractivity (Wildman–Crippen MR) is 110 cm³/mol. The van der Waals surface area contributed by atoms with Gasteiger partial charge in [-0.3, -0.25) is 4.79 Å². The Morgan fingerprint density at radius 2 is 1.67 bits per heavy atom. The van der Waals surface area contributed by atoms with Crippen LogP contribution in [0.3, 0.4) is 0 Å². The number of benzene rings is 2. The molecule has 0 spiro atoms. The first-order valence-corrected chi connectivity index (χ1v) is 9.82. The average molecular weight is 449 g/mol. The molecule has 0 saturated carbocycles. The molecule has 30 heavy (non-hydrogen) atoms. The van der Waals surface area contributed by atoms with E-state index in [0.717, 1.165) is 5.56 Å². The fourth-order valence-corrected chi connectivity index (χ4v) is 3.59. The quantitative estimate of drug-likeness (QED) is 0.428. The van der Waals surface area contributed by atoms with Gasteiger partial charge in [-0.05, 0) is 12.1 Å². The summed E-state index contributed by atoms with van der Waals surface area (Å²) in [4.78, 5) is 16.0. The van der Waals surface area contributed by atoms with Gasteiger partial charge in [-0.1, -0.05) is 54.1 Å². The Morgan fingerprint density at radius 3 is 2.33 bits per heavy atom. The first-order chi connectivity index (χ1) is 14.3. The molecule has 4 rings (SSSR count). The van der Waals surface area contributed by atoms with Gasteiger partial charge in [0.2, 0.25) is 5.13 Å². The van der Waals surface area contributed by atoms with Crippen LogP contribution >= 0.6 is 22.9 Å². The number of alkyl halides is 3. The number of rotatable bonds is 4. The van der Waals surface area contributed by atoms with Crippen LogP contribution in [-0.2, 0) is 4.79 Å². The molecule has 0 aliphatic carbocycles. The maximum absolute atomic E-state index is 12.8. The van der Waals surface area contributed by atoms with Crippen LogP contribution in [0.1, 0.15) is 0 Å². The Morgan fingerprint density at radius 1 is 1.00 bits per heavy atom. The van der Waals surface area contributed by atoms with Crippen LogP contribution < -0.4 is 5.32 Å². The fraction of sp³-hybridized carbons (Fsp3) is 0.0500. The Bertz CT molecular complexity index is 1190. The van der Waals surface area contributed by atoms with Gasteiger partial charge >= 0.3 is 12.1 Å². The molecule has 0 aliphatic rings. The van der Waals surface area contributed by atoms with Crippen molar-refractivity contribution < 1.29 is 18.0 Å². The van der Waals surface area contributed by atoms with Crippen molar-refractivity contribution in [3.05, 3.63) is 71.1 Å². The number of nitrogens with zero attached hydrogens (tertiary/aromatic N) is 3. The second-order valence-corrected chi connectivity index (χ2v) is 7.44. The van der Waals surface area contributed by atoms with E-state index in [-0.39, 0.29) is 5.82 Å². The minimum atomic E-state index is -5.03. The highest BCUT2D eigenvalue weighted by atomic mass is 35.5. The summed E-state index contributed by atoms with van der Waals surface area (Å²) in [6.45, 7) is 0. The molecule has 0 saturated heterocycles. The van der Waals surface area contributed by atoms with Crippen molar-refractivity contribution in [2.24, 2.45) is 0 Å². The molecular weight excluding hydrogens is 437 g/mol. The van der Waals surface area contributed by atoms with Gasteiger partial charge in [0.25, 0.3) is 0 Å². The highest BCUT2D eigenvalue weighted by Crippen LogP contribution is 2.30. The Balaban J connectivity index is 1.76. The number of hydrogen-bond acceptors (Lipinski definition) is 4. The molecule has 2 aromatic heterocycles. The minimum absolute atomic E-state index is 0.142. The molecule has 0 aliphatic heterocycles. The van der Waals surface area contributed by atoms with E-state index < -0.39 is 12.1 Å². The van der Waals surface area contributed by atoms with Crippen LogP contribution in [0, 0.1) is 0 Å². The molecule has 1 amide bonds. The number of carbonyl (C=O) groups excluding carboxylic acids is 1. The lowest BCUT2D eigenvalue weighted by Crippen LogP contribution is -2.30. The summed E-state index contributed by atoms with van der Waals surface area (Å²) in [5, 5.41) is 8.83. The SMILES string of the molecule is O=C(Nc1cc(-c2ccc(Cl)cc2)nn1-c1nc(-c2ccccc2)cs1)C(F)(F)F. The molecule has 0 atom stereocenters. The van der Waals surface area contributed by atoms with Gasteiger partial charge in [0.1, 0.15) is 5.82 Å². The normalized spacial score (nSPS) is 11.5. The molecule has 0 unspecified atom stereocenters. The van der Waals surface area contributed by atoms with E-state index in [1.54, 1.807) is 29.6 Å². The number of halogens is 4. The number of thiazole rings is 1. The third-order valence-corrected chi connectivity index (χ3v) is 5.16. The molecule has 1 N–H and O–H groups in total. The maximum Gasteiger partial charge on any atom is 0.471 e. The molecule has 10 heteroatoms. The number of hydrogen-bond donors (Lipinski definition) is 1. The van der Waals surface area contributed by atoms with Crippen LogP contribution in [0.15, 0.2) is 66.0 Å². The molecule has 4 aromatic rings. The van der Waals surface area contributed by atoms with Gasteiger partial charge in [-0.2, -0.15) is 23.0 Å². The van der Waals surface area contributed by atoms with Gasteiger partial charge < -0.3 is 5.32 Å². The van der Waals surface area contributed by atoms with Crippen molar-refractivity contribution in [3.63, 3.8) is 0 Å². The van der Waals surface area contributed by atoms with Crippen molar-refractivity contribution in [1.29, 1.82) is 0 Å². The third-order valence-electron chi connectivity index (χ3n) is 4.09. The highest BCUT2D eigenvalue weighted by molar-refractivity contribution is 7.12. The zero-order valence-electron chi connectivity index (χ0n) is 15.0. The summed E-state index contributed by atoms with van der Waals surface area (Å²) in [6.07, 6.45) is -5.03. The maximum atomic E-state index is 12.8. The third kappa shape index (κ3) is 4.22. The van der Waals surface area contributed by atoms with E-state index in [9.17, 15) is 18.0 Å².